The van der Waals surface area contributed by atoms with Crippen molar-refractivity contribution in [1.29, 1.82) is 0 Å². The summed E-state index contributed by atoms with van der Waals surface area (Å²) >= 11 is 0. The number of hydrogen-bond donors (Lipinski definition) is 0. The molecule has 0 bridgehead atoms. The molecule has 0 saturated carbocycles. The minimum Gasteiger partial charge on any atom is -0.0738 e. The molecule has 0 heteroatoms. The summed E-state index contributed by atoms with van der Waals surface area (Å²) in [6.45, 7) is 0. The Labute approximate surface area is 120 Å². The van der Waals surface area contributed by atoms with Gasteiger partial charge in [-0.2, -0.15) is 0 Å². The van der Waals surface area contributed by atoms with Crippen molar-refractivity contribution in [3.8, 4) is 0 Å². The number of rotatable bonds is 4. The smallest absolute Gasteiger partial charge is 0.0210 e. The van der Waals surface area contributed by atoms with Crippen molar-refractivity contribution < 1.29 is 0 Å². The molecule has 0 saturated heterocycles. The monoisotopic (exact) mass is 258 g/mol. The van der Waals surface area contributed by atoms with Crippen molar-refractivity contribution in [2.45, 2.75) is 0 Å². The van der Waals surface area contributed by atoms with Gasteiger partial charge in [0, 0.05) is 11.8 Å². The van der Waals surface area contributed by atoms with Crippen molar-refractivity contribution >= 4 is 5.57 Å². The summed E-state index contributed by atoms with van der Waals surface area (Å²) in [6.07, 6.45) is 23.9. The summed E-state index contributed by atoms with van der Waals surface area (Å²) < 4.78 is 0. The summed E-state index contributed by atoms with van der Waals surface area (Å²) in [5.74, 6) is 0.828. The van der Waals surface area contributed by atoms with Crippen LogP contribution in [0.1, 0.15) is 5.56 Å². The lowest BCUT2D eigenvalue weighted by Gasteiger charge is -2.11. The standard InChI is InChI=1S/C20H18/c1-2-12-18(13-3-1)20(19-14-6-7-15-19)16-8-11-17-9-4-5-10-17/h1-17,19H/b11-8-,20-16-. The average molecular weight is 258 g/mol. The third-order valence-electron chi connectivity index (χ3n) is 3.60. The van der Waals surface area contributed by atoms with Crippen LogP contribution in [0.25, 0.3) is 5.57 Å². The molecule has 1 aromatic rings. The van der Waals surface area contributed by atoms with E-state index in [4.69, 9.17) is 0 Å². The Balaban J connectivity index is 1.85. The zero-order valence-corrected chi connectivity index (χ0v) is 11.4. The summed E-state index contributed by atoms with van der Waals surface area (Å²) in [7, 11) is 0. The molecule has 3 rings (SSSR count). The SMILES string of the molecule is C1=CC(/C=C\C=C(\c2ccccc2)C2C=CC=C2)C=C1. The van der Waals surface area contributed by atoms with Gasteiger partial charge in [0.1, 0.15) is 0 Å². The van der Waals surface area contributed by atoms with Crippen LogP contribution in [0.3, 0.4) is 0 Å². The zero-order valence-electron chi connectivity index (χ0n) is 11.4. The van der Waals surface area contributed by atoms with Crippen LogP contribution in [-0.2, 0) is 0 Å². The van der Waals surface area contributed by atoms with Crippen LogP contribution >= 0.6 is 0 Å². The molecule has 0 unspecified atom stereocenters. The molecular formula is C20H18. The number of hydrogen-bond acceptors (Lipinski definition) is 0. The van der Waals surface area contributed by atoms with Gasteiger partial charge in [-0.1, -0.05) is 97.2 Å². The molecule has 0 atom stereocenters. The number of benzene rings is 1. The second-order valence-electron chi connectivity index (χ2n) is 5.02. The molecule has 0 amide bonds. The van der Waals surface area contributed by atoms with Crippen LogP contribution in [-0.4, -0.2) is 0 Å². The van der Waals surface area contributed by atoms with Crippen molar-refractivity contribution in [2.24, 2.45) is 11.8 Å². The molecule has 20 heavy (non-hydrogen) atoms. The largest absolute Gasteiger partial charge is 0.0738 e. The fourth-order valence-electron chi connectivity index (χ4n) is 2.53. The fourth-order valence-corrected chi connectivity index (χ4v) is 2.53. The Morgan fingerprint density at radius 2 is 1.45 bits per heavy atom. The van der Waals surface area contributed by atoms with E-state index in [9.17, 15) is 0 Å². The molecule has 0 spiro atoms. The number of allylic oxidation sites excluding steroid dienone is 12. The van der Waals surface area contributed by atoms with E-state index in [1.54, 1.807) is 0 Å². The molecule has 0 fully saturated rings. The topological polar surface area (TPSA) is 0 Å². The lowest BCUT2D eigenvalue weighted by atomic mass is 9.93. The molecule has 0 radical (unpaired) electrons. The molecular weight excluding hydrogens is 240 g/mol. The molecule has 0 N–H and O–H groups in total. The van der Waals surface area contributed by atoms with E-state index < -0.39 is 0 Å². The highest BCUT2D eigenvalue weighted by molar-refractivity contribution is 5.72. The van der Waals surface area contributed by atoms with E-state index in [-0.39, 0.29) is 0 Å². The Bertz CT molecular complexity index is 597. The summed E-state index contributed by atoms with van der Waals surface area (Å²) in [5.41, 5.74) is 2.63. The van der Waals surface area contributed by atoms with Crippen molar-refractivity contribution in [1.82, 2.24) is 0 Å². The molecule has 2 aliphatic rings. The maximum Gasteiger partial charge on any atom is 0.0210 e. The molecule has 0 heterocycles. The maximum absolute atomic E-state index is 2.24. The summed E-state index contributed by atoms with van der Waals surface area (Å²) in [4.78, 5) is 0. The highest BCUT2D eigenvalue weighted by Crippen LogP contribution is 2.28. The first-order valence-corrected chi connectivity index (χ1v) is 7.07. The predicted octanol–water partition coefficient (Wildman–Crippen LogP) is 5.11. The highest BCUT2D eigenvalue weighted by Gasteiger charge is 2.11. The van der Waals surface area contributed by atoms with E-state index in [1.807, 2.05) is 0 Å². The van der Waals surface area contributed by atoms with Gasteiger partial charge in [0.15, 0.2) is 0 Å². The Kier molecular flexibility index (Phi) is 3.93. The Morgan fingerprint density at radius 1 is 0.800 bits per heavy atom. The Hall–Kier alpha value is -2.34. The van der Waals surface area contributed by atoms with Gasteiger partial charge in [-0.15, -0.1) is 0 Å². The highest BCUT2D eigenvalue weighted by atomic mass is 14.2. The minimum absolute atomic E-state index is 0.386. The predicted molar refractivity (Wildman–Crippen MR) is 87.1 cm³/mol. The van der Waals surface area contributed by atoms with E-state index in [0.717, 1.165) is 0 Å². The average Bonchev–Trinajstić information content (AvgIpc) is 3.18. The second kappa shape index (κ2) is 6.21. The first-order chi connectivity index (χ1) is 9.93. The minimum atomic E-state index is 0.386. The molecule has 0 nitrogen and oxygen atoms in total. The third-order valence-corrected chi connectivity index (χ3v) is 3.60. The van der Waals surface area contributed by atoms with Gasteiger partial charge in [0.05, 0.1) is 0 Å². The Morgan fingerprint density at radius 3 is 2.15 bits per heavy atom. The zero-order chi connectivity index (χ0) is 13.6. The summed E-state index contributed by atoms with van der Waals surface area (Å²) in [6, 6.07) is 10.6. The van der Waals surface area contributed by atoms with Crippen LogP contribution in [0, 0.1) is 11.8 Å². The summed E-state index contributed by atoms with van der Waals surface area (Å²) in [5, 5.41) is 0. The van der Waals surface area contributed by atoms with Gasteiger partial charge in [0.2, 0.25) is 0 Å². The van der Waals surface area contributed by atoms with Crippen molar-refractivity contribution in [3.05, 3.63) is 103 Å². The molecule has 0 aromatic heterocycles. The quantitative estimate of drug-likeness (QED) is 0.658. The molecule has 1 aromatic carbocycles. The van der Waals surface area contributed by atoms with Crippen LogP contribution in [0.4, 0.5) is 0 Å². The van der Waals surface area contributed by atoms with E-state index in [1.165, 1.54) is 11.1 Å². The molecule has 2 aliphatic carbocycles. The van der Waals surface area contributed by atoms with E-state index >= 15 is 0 Å². The fraction of sp³-hybridized carbons (Fsp3) is 0.100. The van der Waals surface area contributed by atoms with Gasteiger partial charge in [0.25, 0.3) is 0 Å². The molecule has 98 valence electrons. The first-order valence-electron chi connectivity index (χ1n) is 7.07. The van der Waals surface area contributed by atoms with Gasteiger partial charge in [-0.05, 0) is 11.1 Å². The van der Waals surface area contributed by atoms with E-state index in [2.05, 4.69) is 97.2 Å². The third kappa shape index (κ3) is 2.97. The first kappa shape index (κ1) is 12.7. The lowest BCUT2D eigenvalue weighted by molar-refractivity contribution is 1.09. The van der Waals surface area contributed by atoms with Crippen LogP contribution in [0.5, 0.6) is 0 Å². The van der Waals surface area contributed by atoms with Gasteiger partial charge in [-0.25, -0.2) is 0 Å². The van der Waals surface area contributed by atoms with Gasteiger partial charge >= 0.3 is 0 Å². The van der Waals surface area contributed by atoms with Crippen molar-refractivity contribution in [3.63, 3.8) is 0 Å². The molecule has 0 aliphatic heterocycles. The van der Waals surface area contributed by atoms with Crippen LogP contribution in [0.15, 0.2) is 97.2 Å². The van der Waals surface area contributed by atoms with Crippen molar-refractivity contribution in [2.75, 3.05) is 0 Å². The van der Waals surface area contributed by atoms with E-state index in [0.29, 0.717) is 11.8 Å². The van der Waals surface area contributed by atoms with Gasteiger partial charge in [-0.3, -0.25) is 0 Å². The van der Waals surface area contributed by atoms with Crippen LogP contribution in [0.2, 0.25) is 0 Å². The second-order valence-corrected chi connectivity index (χ2v) is 5.02. The van der Waals surface area contributed by atoms with Crippen LogP contribution < -0.4 is 0 Å². The lowest BCUT2D eigenvalue weighted by Crippen LogP contribution is -1.95. The maximum atomic E-state index is 2.24. The normalized spacial score (nSPS) is 18.9. The van der Waals surface area contributed by atoms with Gasteiger partial charge < -0.3 is 0 Å².